The average molecular weight is 398 g/mol. The normalized spacial score (nSPS) is 11.9. The van der Waals surface area contributed by atoms with Gasteiger partial charge in [0.05, 0.1) is 10.4 Å². The first-order valence-electron chi connectivity index (χ1n) is 8.32. The SMILES string of the molecule is CN=C(NCCCNC(=O)c1cccs1)NCc1cccc(C(F)(F)F)c1. The van der Waals surface area contributed by atoms with Crippen LogP contribution in [0.3, 0.4) is 0 Å². The molecule has 2 aromatic rings. The van der Waals surface area contributed by atoms with E-state index >= 15 is 0 Å². The van der Waals surface area contributed by atoms with E-state index in [-0.39, 0.29) is 12.5 Å². The number of hydrogen-bond acceptors (Lipinski definition) is 3. The third kappa shape index (κ3) is 6.93. The zero-order valence-corrected chi connectivity index (χ0v) is 15.6. The van der Waals surface area contributed by atoms with E-state index in [1.54, 1.807) is 19.2 Å². The molecule has 5 nitrogen and oxygen atoms in total. The summed E-state index contributed by atoms with van der Waals surface area (Å²) >= 11 is 1.38. The van der Waals surface area contributed by atoms with Crippen LogP contribution in [0.4, 0.5) is 13.2 Å². The number of thiophene rings is 1. The summed E-state index contributed by atoms with van der Waals surface area (Å²) in [5.74, 6) is 0.383. The molecule has 9 heteroatoms. The molecule has 1 aromatic heterocycles. The second kappa shape index (κ2) is 9.96. The van der Waals surface area contributed by atoms with Crippen molar-refractivity contribution in [3.05, 3.63) is 57.8 Å². The minimum atomic E-state index is -4.36. The van der Waals surface area contributed by atoms with Crippen LogP contribution in [0, 0.1) is 0 Å². The third-order valence-corrected chi connectivity index (χ3v) is 4.48. The number of rotatable bonds is 7. The molecule has 0 radical (unpaired) electrons. The van der Waals surface area contributed by atoms with Gasteiger partial charge in [0, 0.05) is 26.7 Å². The molecule has 2 rings (SSSR count). The fourth-order valence-corrected chi connectivity index (χ4v) is 2.90. The molecule has 1 heterocycles. The zero-order valence-electron chi connectivity index (χ0n) is 14.8. The minimum Gasteiger partial charge on any atom is -0.356 e. The maximum atomic E-state index is 12.7. The summed E-state index contributed by atoms with van der Waals surface area (Å²) in [5.41, 5.74) is -0.165. The first-order valence-corrected chi connectivity index (χ1v) is 9.20. The van der Waals surface area contributed by atoms with Crippen molar-refractivity contribution in [1.82, 2.24) is 16.0 Å². The van der Waals surface area contributed by atoms with Gasteiger partial charge in [0.2, 0.25) is 0 Å². The number of hydrogen-bond donors (Lipinski definition) is 3. The van der Waals surface area contributed by atoms with E-state index in [1.165, 1.54) is 17.4 Å². The molecule has 0 saturated heterocycles. The van der Waals surface area contributed by atoms with Gasteiger partial charge in [-0.3, -0.25) is 9.79 Å². The van der Waals surface area contributed by atoms with Crippen molar-refractivity contribution in [2.45, 2.75) is 19.1 Å². The first-order chi connectivity index (χ1) is 12.9. The van der Waals surface area contributed by atoms with E-state index in [4.69, 9.17) is 0 Å². The molecule has 0 fully saturated rings. The van der Waals surface area contributed by atoms with Crippen molar-refractivity contribution in [1.29, 1.82) is 0 Å². The number of amides is 1. The van der Waals surface area contributed by atoms with Crippen LogP contribution >= 0.6 is 11.3 Å². The number of carbonyl (C=O) groups is 1. The molecular formula is C18H21F3N4OS. The van der Waals surface area contributed by atoms with Crippen LogP contribution in [0.2, 0.25) is 0 Å². The van der Waals surface area contributed by atoms with Gasteiger partial charge in [0.15, 0.2) is 5.96 Å². The highest BCUT2D eigenvalue weighted by Crippen LogP contribution is 2.29. The van der Waals surface area contributed by atoms with Crippen LogP contribution in [0.5, 0.6) is 0 Å². The highest BCUT2D eigenvalue weighted by atomic mass is 32.1. The molecule has 146 valence electrons. The molecule has 0 aliphatic rings. The Hall–Kier alpha value is -2.55. The smallest absolute Gasteiger partial charge is 0.356 e. The van der Waals surface area contributed by atoms with Gasteiger partial charge < -0.3 is 16.0 Å². The third-order valence-electron chi connectivity index (χ3n) is 3.61. The molecule has 0 aliphatic heterocycles. The summed E-state index contributed by atoms with van der Waals surface area (Å²) in [7, 11) is 1.58. The summed E-state index contributed by atoms with van der Waals surface area (Å²) in [4.78, 5) is 16.5. The van der Waals surface area contributed by atoms with Crippen LogP contribution in [-0.2, 0) is 12.7 Å². The fraction of sp³-hybridized carbons (Fsp3) is 0.333. The second-order valence-corrected chi connectivity index (χ2v) is 6.59. The number of nitrogens with zero attached hydrogens (tertiary/aromatic N) is 1. The Kier molecular flexibility index (Phi) is 7.66. The largest absolute Gasteiger partial charge is 0.416 e. The standard InChI is InChI=1S/C18H21F3N4OS/c1-22-17(24-9-4-8-23-16(26)15-7-3-10-27-15)25-12-13-5-2-6-14(11-13)18(19,20)21/h2-3,5-7,10-11H,4,8-9,12H2,1H3,(H,23,26)(H2,22,24,25). The number of nitrogens with one attached hydrogen (secondary N) is 3. The number of carbonyl (C=O) groups excluding carboxylic acids is 1. The highest BCUT2D eigenvalue weighted by molar-refractivity contribution is 7.12. The lowest BCUT2D eigenvalue weighted by Gasteiger charge is -2.13. The molecule has 1 aromatic carbocycles. The Morgan fingerprint density at radius 3 is 2.56 bits per heavy atom. The number of guanidine groups is 1. The fourth-order valence-electron chi connectivity index (χ4n) is 2.26. The van der Waals surface area contributed by atoms with Gasteiger partial charge >= 0.3 is 6.18 Å². The number of benzene rings is 1. The number of alkyl halides is 3. The Labute approximate surface area is 159 Å². The number of aliphatic imine (C=N–C) groups is 1. The summed E-state index contributed by atoms with van der Waals surface area (Å²) in [6.07, 6.45) is -3.68. The van der Waals surface area contributed by atoms with Gasteiger partial charge in [0.25, 0.3) is 5.91 Å². The maximum absolute atomic E-state index is 12.7. The highest BCUT2D eigenvalue weighted by Gasteiger charge is 2.30. The molecule has 0 saturated carbocycles. The lowest BCUT2D eigenvalue weighted by Crippen LogP contribution is -2.38. The minimum absolute atomic E-state index is 0.1000. The molecule has 27 heavy (non-hydrogen) atoms. The molecule has 0 unspecified atom stereocenters. The van der Waals surface area contributed by atoms with Crippen molar-refractivity contribution < 1.29 is 18.0 Å². The summed E-state index contributed by atoms with van der Waals surface area (Å²) in [5, 5.41) is 10.7. The van der Waals surface area contributed by atoms with Gasteiger partial charge in [-0.1, -0.05) is 18.2 Å². The summed E-state index contributed by atoms with van der Waals surface area (Å²) < 4.78 is 38.2. The first kappa shape index (κ1) is 20.8. The second-order valence-electron chi connectivity index (χ2n) is 5.64. The molecule has 0 aliphatic carbocycles. The monoisotopic (exact) mass is 398 g/mol. The van der Waals surface area contributed by atoms with Crippen molar-refractivity contribution in [2.75, 3.05) is 20.1 Å². The predicted molar refractivity (Wildman–Crippen MR) is 101 cm³/mol. The lowest BCUT2D eigenvalue weighted by atomic mass is 10.1. The van der Waals surface area contributed by atoms with Crippen molar-refractivity contribution >= 4 is 23.2 Å². The van der Waals surface area contributed by atoms with Crippen LogP contribution in [0.15, 0.2) is 46.8 Å². The maximum Gasteiger partial charge on any atom is 0.416 e. The van der Waals surface area contributed by atoms with Crippen molar-refractivity contribution in [2.24, 2.45) is 4.99 Å². The van der Waals surface area contributed by atoms with E-state index in [0.717, 1.165) is 12.1 Å². The molecule has 3 N–H and O–H groups in total. The van der Waals surface area contributed by atoms with E-state index in [2.05, 4.69) is 20.9 Å². The van der Waals surface area contributed by atoms with Gasteiger partial charge in [-0.2, -0.15) is 13.2 Å². The topological polar surface area (TPSA) is 65.5 Å². The molecule has 0 bridgehead atoms. The van der Waals surface area contributed by atoms with Crippen molar-refractivity contribution in [3.63, 3.8) is 0 Å². The summed E-state index contributed by atoms with van der Waals surface area (Å²) in [6, 6.07) is 8.74. The van der Waals surface area contributed by atoms with E-state index in [9.17, 15) is 18.0 Å². The molecule has 0 spiro atoms. The zero-order chi connectivity index (χ0) is 19.7. The summed E-state index contributed by atoms with van der Waals surface area (Å²) in [6.45, 7) is 1.29. The van der Waals surface area contributed by atoms with Crippen LogP contribution in [0.1, 0.15) is 27.2 Å². The molecule has 1 amide bonds. The van der Waals surface area contributed by atoms with E-state index in [0.29, 0.717) is 35.9 Å². The Morgan fingerprint density at radius 2 is 1.89 bits per heavy atom. The van der Waals surface area contributed by atoms with Gasteiger partial charge in [-0.25, -0.2) is 0 Å². The Bertz CT molecular complexity index is 760. The van der Waals surface area contributed by atoms with Crippen molar-refractivity contribution in [3.8, 4) is 0 Å². The van der Waals surface area contributed by atoms with Crippen LogP contribution in [-0.4, -0.2) is 32.0 Å². The van der Waals surface area contributed by atoms with Crippen LogP contribution < -0.4 is 16.0 Å². The predicted octanol–water partition coefficient (Wildman–Crippen LogP) is 3.25. The lowest BCUT2D eigenvalue weighted by molar-refractivity contribution is -0.137. The average Bonchev–Trinajstić information content (AvgIpc) is 3.18. The Morgan fingerprint density at radius 1 is 1.11 bits per heavy atom. The van der Waals surface area contributed by atoms with Crippen LogP contribution in [0.25, 0.3) is 0 Å². The van der Waals surface area contributed by atoms with Gasteiger partial charge in [-0.15, -0.1) is 11.3 Å². The van der Waals surface area contributed by atoms with Gasteiger partial charge in [-0.05, 0) is 35.6 Å². The quantitative estimate of drug-likeness (QED) is 0.381. The van der Waals surface area contributed by atoms with Gasteiger partial charge in [0.1, 0.15) is 0 Å². The molecular weight excluding hydrogens is 377 g/mol. The molecule has 0 atom stereocenters. The van der Waals surface area contributed by atoms with E-state index < -0.39 is 11.7 Å². The van der Waals surface area contributed by atoms with E-state index in [1.807, 2.05) is 11.4 Å². The number of halogens is 3. The Balaban J connectivity index is 1.69.